The van der Waals surface area contributed by atoms with Crippen molar-refractivity contribution in [1.29, 1.82) is 0 Å². The van der Waals surface area contributed by atoms with Gasteiger partial charge in [-0.2, -0.15) is 0 Å². The molecule has 0 radical (unpaired) electrons. The van der Waals surface area contributed by atoms with Crippen LogP contribution in [0.5, 0.6) is 5.75 Å². The van der Waals surface area contributed by atoms with Crippen molar-refractivity contribution in [3.63, 3.8) is 0 Å². The van der Waals surface area contributed by atoms with Gasteiger partial charge < -0.3 is 10.1 Å². The second-order valence-electron chi connectivity index (χ2n) is 5.06. The smallest absolute Gasteiger partial charge is 0.119 e. The van der Waals surface area contributed by atoms with Crippen molar-refractivity contribution in [2.75, 3.05) is 13.7 Å². The summed E-state index contributed by atoms with van der Waals surface area (Å²) >= 11 is 0. The van der Waals surface area contributed by atoms with E-state index in [1.165, 1.54) is 31.4 Å². The fraction of sp³-hybridized carbons (Fsp3) is 0.647. The molecule has 1 rings (SSSR count). The van der Waals surface area contributed by atoms with Crippen LogP contribution in [0.4, 0.5) is 0 Å². The molecule has 0 unspecified atom stereocenters. The van der Waals surface area contributed by atoms with E-state index in [0.29, 0.717) is 6.04 Å². The molecule has 19 heavy (non-hydrogen) atoms. The Labute approximate surface area is 121 Å². The van der Waals surface area contributed by atoms with Gasteiger partial charge in [-0.15, -0.1) is 0 Å². The van der Waals surface area contributed by atoms with Crippen LogP contribution >= 0.6 is 0 Å². The zero-order valence-electron chi connectivity index (χ0n) is 13.3. The van der Waals surface area contributed by atoms with E-state index in [4.69, 9.17) is 4.74 Å². The lowest BCUT2D eigenvalue weighted by atomic mass is 10.1. The molecule has 0 amide bonds. The fourth-order valence-corrected chi connectivity index (χ4v) is 1.68. The van der Waals surface area contributed by atoms with Crippen molar-refractivity contribution in [2.24, 2.45) is 0 Å². The Bertz CT molecular complexity index is 316. The first-order valence-electron chi connectivity index (χ1n) is 7.50. The predicted molar refractivity (Wildman–Crippen MR) is 87.1 cm³/mol. The predicted octanol–water partition coefficient (Wildman–Crippen LogP) is 4.68. The maximum Gasteiger partial charge on any atom is 0.119 e. The molecule has 1 aromatic rings. The SMILES string of the molecule is CCCCNC(C)C.CCCc1cccc(OC)c1.[HH]. The molecule has 0 aliphatic carbocycles. The van der Waals surface area contributed by atoms with Gasteiger partial charge >= 0.3 is 0 Å². The number of rotatable bonds is 7. The van der Waals surface area contributed by atoms with Crippen molar-refractivity contribution >= 4 is 0 Å². The highest BCUT2D eigenvalue weighted by Crippen LogP contribution is 2.13. The Kier molecular flexibility index (Phi) is 11.4. The second-order valence-corrected chi connectivity index (χ2v) is 5.06. The molecular weight excluding hydrogens is 234 g/mol. The van der Waals surface area contributed by atoms with E-state index in [2.05, 4.69) is 45.1 Å². The summed E-state index contributed by atoms with van der Waals surface area (Å²) in [7, 11) is 1.70. The molecule has 0 heterocycles. The first kappa shape index (κ1) is 18.0. The van der Waals surface area contributed by atoms with E-state index in [0.717, 1.165) is 12.2 Å². The van der Waals surface area contributed by atoms with Crippen LogP contribution in [0.1, 0.15) is 53.9 Å². The third-order valence-electron chi connectivity index (χ3n) is 2.76. The average molecular weight is 267 g/mol. The lowest BCUT2D eigenvalue weighted by Crippen LogP contribution is -2.23. The molecular formula is C17H33NO. The van der Waals surface area contributed by atoms with Crippen LogP contribution in [0.2, 0.25) is 0 Å². The summed E-state index contributed by atoms with van der Waals surface area (Å²) in [4.78, 5) is 0. The van der Waals surface area contributed by atoms with Crippen LogP contribution in [0.25, 0.3) is 0 Å². The maximum atomic E-state index is 5.10. The van der Waals surface area contributed by atoms with Crippen molar-refractivity contribution < 1.29 is 6.16 Å². The van der Waals surface area contributed by atoms with Crippen molar-refractivity contribution in [1.82, 2.24) is 5.32 Å². The van der Waals surface area contributed by atoms with Gasteiger partial charge in [-0.25, -0.2) is 0 Å². The van der Waals surface area contributed by atoms with E-state index in [-0.39, 0.29) is 1.43 Å². The molecule has 0 spiro atoms. The van der Waals surface area contributed by atoms with E-state index in [1.54, 1.807) is 7.11 Å². The molecule has 2 heteroatoms. The minimum absolute atomic E-state index is 0. The molecule has 1 aromatic carbocycles. The Hall–Kier alpha value is -1.02. The third-order valence-corrected chi connectivity index (χ3v) is 2.76. The monoisotopic (exact) mass is 267 g/mol. The molecule has 112 valence electrons. The van der Waals surface area contributed by atoms with E-state index in [9.17, 15) is 0 Å². The number of hydrogen-bond donors (Lipinski definition) is 1. The topological polar surface area (TPSA) is 21.3 Å². The Morgan fingerprint density at radius 2 is 1.95 bits per heavy atom. The quantitative estimate of drug-likeness (QED) is 0.724. The molecule has 2 nitrogen and oxygen atoms in total. The van der Waals surface area contributed by atoms with Crippen molar-refractivity contribution in [3.05, 3.63) is 29.8 Å². The minimum Gasteiger partial charge on any atom is -0.497 e. The summed E-state index contributed by atoms with van der Waals surface area (Å²) in [6, 6.07) is 8.87. The van der Waals surface area contributed by atoms with Gasteiger partial charge in [0.15, 0.2) is 0 Å². The van der Waals surface area contributed by atoms with Crippen LogP contribution in [0, 0.1) is 0 Å². The van der Waals surface area contributed by atoms with Crippen LogP contribution < -0.4 is 10.1 Å². The van der Waals surface area contributed by atoms with Crippen LogP contribution in [0.15, 0.2) is 24.3 Å². The highest BCUT2D eigenvalue weighted by atomic mass is 16.5. The highest BCUT2D eigenvalue weighted by Gasteiger charge is 1.92. The third kappa shape index (κ3) is 10.6. The lowest BCUT2D eigenvalue weighted by molar-refractivity contribution is 0.414. The standard InChI is InChI=1S/C10H14O.C7H17N.H2/c1-3-5-9-6-4-7-10(8-9)11-2;1-4-5-6-8-7(2)3;/h4,6-8H,3,5H2,1-2H3;7-8H,4-6H2,1-3H3;1H. The van der Waals surface area contributed by atoms with Gasteiger partial charge in [-0.1, -0.05) is 52.7 Å². The van der Waals surface area contributed by atoms with E-state index < -0.39 is 0 Å². The Balaban J connectivity index is 0. The summed E-state index contributed by atoms with van der Waals surface area (Å²) in [6.07, 6.45) is 4.92. The summed E-state index contributed by atoms with van der Waals surface area (Å²) in [5.74, 6) is 0.955. The zero-order valence-corrected chi connectivity index (χ0v) is 13.3. The summed E-state index contributed by atoms with van der Waals surface area (Å²) in [5, 5.41) is 3.35. The van der Waals surface area contributed by atoms with Gasteiger partial charge in [0, 0.05) is 7.47 Å². The van der Waals surface area contributed by atoms with Gasteiger partial charge in [-0.3, -0.25) is 0 Å². The van der Waals surface area contributed by atoms with Gasteiger partial charge in [-0.05, 0) is 37.1 Å². The van der Waals surface area contributed by atoms with E-state index in [1.807, 2.05) is 12.1 Å². The number of benzene rings is 1. The van der Waals surface area contributed by atoms with Crippen molar-refractivity contribution in [2.45, 2.75) is 59.4 Å². The van der Waals surface area contributed by atoms with E-state index >= 15 is 0 Å². The number of hydrogen-bond acceptors (Lipinski definition) is 2. The average Bonchev–Trinajstić information content (AvgIpc) is 2.40. The van der Waals surface area contributed by atoms with Crippen LogP contribution in [0.3, 0.4) is 0 Å². The summed E-state index contributed by atoms with van der Waals surface area (Å²) in [6.45, 7) is 9.92. The molecule has 0 bridgehead atoms. The highest BCUT2D eigenvalue weighted by molar-refractivity contribution is 5.28. The molecule has 0 fully saturated rings. The van der Waals surface area contributed by atoms with Gasteiger partial charge in [0.25, 0.3) is 0 Å². The first-order chi connectivity index (χ1) is 9.13. The zero-order chi connectivity index (χ0) is 14.5. The first-order valence-corrected chi connectivity index (χ1v) is 7.50. The fourth-order valence-electron chi connectivity index (χ4n) is 1.68. The summed E-state index contributed by atoms with van der Waals surface area (Å²) in [5.41, 5.74) is 1.35. The number of methoxy groups -OCH3 is 1. The normalized spacial score (nSPS) is 10.0. The summed E-state index contributed by atoms with van der Waals surface area (Å²) < 4.78 is 5.10. The number of aryl methyl sites for hydroxylation is 1. The second kappa shape index (κ2) is 12.0. The van der Waals surface area contributed by atoms with Gasteiger partial charge in [0.1, 0.15) is 5.75 Å². The number of ether oxygens (including phenoxy) is 1. The molecule has 0 aliphatic heterocycles. The number of nitrogens with one attached hydrogen (secondary N) is 1. The largest absolute Gasteiger partial charge is 0.497 e. The molecule has 1 N–H and O–H groups in total. The lowest BCUT2D eigenvalue weighted by Gasteiger charge is -2.05. The van der Waals surface area contributed by atoms with Crippen molar-refractivity contribution in [3.8, 4) is 5.75 Å². The molecule has 0 aromatic heterocycles. The van der Waals surface area contributed by atoms with Crippen LogP contribution in [-0.4, -0.2) is 19.7 Å². The van der Waals surface area contributed by atoms with Crippen LogP contribution in [-0.2, 0) is 6.42 Å². The minimum atomic E-state index is 0. The molecule has 0 saturated heterocycles. The molecule has 0 aliphatic rings. The van der Waals surface area contributed by atoms with Gasteiger partial charge in [0.2, 0.25) is 0 Å². The Morgan fingerprint density at radius 1 is 1.21 bits per heavy atom. The maximum absolute atomic E-state index is 5.10. The van der Waals surface area contributed by atoms with Gasteiger partial charge in [0.05, 0.1) is 7.11 Å². The molecule has 0 atom stereocenters. The number of unbranched alkanes of at least 4 members (excludes halogenated alkanes) is 1. The molecule has 0 saturated carbocycles. The Morgan fingerprint density at radius 3 is 2.47 bits per heavy atom.